The third-order valence-electron chi connectivity index (χ3n) is 6.10. The number of sulfonamides is 1. The lowest BCUT2D eigenvalue weighted by atomic mass is 9.99. The summed E-state index contributed by atoms with van der Waals surface area (Å²) >= 11 is 0. The maximum Gasteiger partial charge on any atom is 0.273 e. The summed E-state index contributed by atoms with van der Waals surface area (Å²) in [6, 6.07) is 16.7. The minimum absolute atomic E-state index is 0.160. The van der Waals surface area contributed by atoms with E-state index in [-0.39, 0.29) is 19.0 Å². The molecule has 1 atom stereocenters. The maximum absolute atomic E-state index is 13.1. The van der Waals surface area contributed by atoms with Crippen LogP contribution in [0.15, 0.2) is 65.7 Å². The van der Waals surface area contributed by atoms with Crippen molar-refractivity contribution >= 4 is 26.7 Å². The maximum atomic E-state index is 13.1. The van der Waals surface area contributed by atoms with Crippen LogP contribution in [0, 0.1) is 0 Å². The summed E-state index contributed by atoms with van der Waals surface area (Å²) in [5, 5.41) is 1.77. The summed E-state index contributed by atoms with van der Waals surface area (Å²) in [6.45, 7) is 5.47. The van der Waals surface area contributed by atoms with Gasteiger partial charge in [0, 0.05) is 37.8 Å². The van der Waals surface area contributed by atoms with Gasteiger partial charge in [-0.25, -0.2) is 8.42 Å². The molecule has 3 aromatic rings. The number of hydrogen-bond acceptors (Lipinski definition) is 4. The third-order valence-corrected chi connectivity index (χ3v) is 8.01. The minimum Gasteiger partial charge on any atom is -0.335 e. The van der Waals surface area contributed by atoms with E-state index in [0.717, 1.165) is 22.8 Å². The topological polar surface area (TPSA) is 70.6 Å². The molecule has 1 aromatic heterocycles. The summed E-state index contributed by atoms with van der Waals surface area (Å²) in [5.74, 6) is 0.237. The molecule has 7 heteroatoms. The zero-order valence-electron chi connectivity index (χ0n) is 17.9. The zero-order valence-corrected chi connectivity index (χ0v) is 18.7. The van der Waals surface area contributed by atoms with E-state index in [1.54, 1.807) is 23.2 Å². The quantitative estimate of drug-likeness (QED) is 0.607. The first-order valence-electron chi connectivity index (χ1n) is 10.6. The van der Waals surface area contributed by atoms with E-state index in [2.05, 4.69) is 18.8 Å². The molecule has 2 aromatic carbocycles. The zero-order chi connectivity index (χ0) is 22.0. The highest BCUT2D eigenvalue weighted by molar-refractivity contribution is 7.89. The fraction of sp³-hybridized carbons (Fsp3) is 0.333. The summed E-state index contributed by atoms with van der Waals surface area (Å²) in [6.07, 6.45) is 2.65. The molecule has 0 N–H and O–H groups in total. The Kier molecular flexibility index (Phi) is 6.07. The van der Waals surface area contributed by atoms with E-state index >= 15 is 0 Å². The molecule has 0 radical (unpaired) electrons. The average Bonchev–Trinajstić information content (AvgIpc) is 2.83. The van der Waals surface area contributed by atoms with E-state index < -0.39 is 10.0 Å². The normalized spacial score (nSPS) is 16.4. The lowest BCUT2D eigenvalue weighted by Crippen LogP contribution is -2.50. The first-order valence-corrected chi connectivity index (χ1v) is 12.1. The number of rotatable bonds is 5. The van der Waals surface area contributed by atoms with Crippen LogP contribution in [-0.2, 0) is 10.0 Å². The number of hydrogen-bond donors (Lipinski definition) is 0. The Labute approximate surface area is 183 Å². The van der Waals surface area contributed by atoms with Gasteiger partial charge in [-0.3, -0.25) is 9.78 Å². The van der Waals surface area contributed by atoms with Crippen LogP contribution in [0.4, 0.5) is 0 Å². The van der Waals surface area contributed by atoms with E-state index in [1.165, 1.54) is 4.31 Å². The van der Waals surface area contributed by atoms with Crippen LogP contribution in [0.2, 0.25) is 0 Å². The van der Waals surface area contributed by atoms with Gasteiger partial charge in [0.1, 0.15) is 5.69 Å². The second-order valence-electron chi connectivity index (χ2n) is 7.96. The molecule has 1 aliphatic rings. The molecule has 1 unspecified atom stereocenters. The number of carbonyl (C=O) groups is 1. The second kappa shape index (κ2) is 8.77. The van der Waals surface area contributed by atoms with E-state index in [4.69, 9.17) is 0 Å². The Morgan fingerprint density at radius 3 is 2.35 bits per heavy atom. The highest BCUT2D eigenvalue weighted by atomic mass is 32.2. The number of amides is 1. The fourth-order valence-electron chi connectivity index (χ4n) is 3.92. The molecule has 31 heavy (non-hydrogen) atoms. The van der Waals surface area contributed by atoms with Gasteiger partial charge in [-0.05, 0) is 41.5 Å². The van der Waals surface area contributed by atoms with Gasteiger partial charge < -0.3 is 4.90 Å². The molecule has 6 nitrogen and oxygen atoms in total. The Hall–Kier alpha value is -2.77. The van der Waals surface area contributed by atoms with Crippen LogP contribution in [0.1, 0.15) is 42.2 Å². The summed E-state index contributed by atoms with van der Waals surface area (Å²) in [7, 11) is -3.58. The second-order valence-corrected chi connectivity index (χ2v) is 9.89. The van der Waals surface area contributed by atoms with Crippen LogP contribution in [0.25, 0.3) is 10.8 Å². The SMILES string of the molecule is CCC(C)c1ccc(S(=O)(=O)N2CCN(C(=O)c3nccc4ccccc34)CC2)cc1. The first kappa shape index (κ1) is 21.5. The fourth-order valence-corrected chi connectivity index (χ4v) is 5.35. The molecule has 1 fully saturated rings. The van der Waals surface area contributed by atoms with Gasteiger partial charge in [0.05, 0.1) is 4.90 Å². The monoisotopic (exact) mass is 437 g/mol. The smallest absolute Gasteiger partial charge is 0.273 e. The Bertz CT molecular complexity index is 1180. The number of piperazine rings is 1. The number of nitrogens with zero attached hydrogens (tertiary/aromatic N) is 3. The molecule has 0 bridgehead atoms. The van der Waals surface area contributed by atoms with Crippen molar-refractivity contribution in [3.05, 3.63) is 72.1 Å². The van der Waals surface area contributed by atoms with Crippen LogP contribution in [0.5, 0.6) is 0 Å². The Balaban J connectivity index is 1.47. The van der Waals surface area contributed by atoms with Crippen molar-refractivity contribution in [1.29, 1.82) is 0 Å². The van der Waals surface area contributed by atoms with E-state index in [0.29, 0.717) is 29.6 Å². The number of carbonyl (C=O) groups excluding carboxylic acids is 1. The van der Waals surface area contributed by atoms with Crippen molar-refractivity contribution in [2.24, 2.45) is 0 Å². The summed E-state index contributed by atoms with van der Waals surface area (Å²) in [4.78, 5) is 19.4. The minimum atomic E-state index is -3.58. The summed E-state index contributed by atoms with van der Waals surface area (Å²) in [5.41, 5.74) is 1.55. The molecular weight excluding hydrogens is 410 g/mol. The van der Waals surface area contributed by atoms with Crippen LogP contribution in [0.3, 0.4) is 0 Å². The van der Waals surface area contributed by atoms with Crippen molar-refractivity contribution in [3.8, 4) is 0 Å². The number of aromatic nitrogens is 1. The third kappa shape index (κ3) is 4.20. The predicted molar refractivity (Wildman–Crippen MR) is 122 cm³/mol. The van der Waals surface area contributed by atoms with Gasteiger partial charge in [-0.2, -0.15) is 4.31 Å². The molecule has 1 aliphatic heterocycles. The van der Waals surface area contributed by atoms with Crippen molar-refractivity contribution < 1.29 is 13.2 Å². The molecule has 1 amide bonds. The van der Waals surface area contributed by atoms with Gasteiger partial charge in [-0.1, -0.05) is 50.2 Å². The number of pyridine rings is 1. The van der Waals surface area contributed by atoms with Crippen LogP contribution < -0.4 is 0 Å². The van der Waals surface area contributed by atoms with Gasteiger partial charge in [-0.15, -0.1) is 0 Å². The predicted octanol–water partition coefficient (Wildman–Crippen LogP) is 3.90. The van der Waals surface area contributed by atoms with Crippen molar-refractivity contribution in [2.45, 2.75) is 31.1 Å². The van der Waals surface area contributed by atoms with E-state index in [9.17, 15) is 13.2 Å². The highest BCUT2D eigenvalue weighted by Gasteiger charge is 2.31. The van der Waals surface area contributed by atoms with Crippen LogP contribution in [-0.4, -0.2) is 54.7 Å². The molecule has 0 aliphatic carbocycles. The standard InChI is InChI=1S/C24H27N3O3S/c1-3-18(2)19-8-10-21(11-9-19)31(29,30)27-16-14-26(15-17-27)24(28)23-22-7-5-4-6-20(22)12-13-25-23/h4-13,18H,3,14-17H2,1-2H3. The lowest BCUT2D eigenvalue weighted by Gasteiger charge is -2.34. The molecule has 0 saturated carbocycles. The average molecular weight is 438 g/mol. The summed E-state index contributed by atoms with van der Waals surface area (Å²) < 4.78 is 27.6. The molecule has 4 rings (SSSR count). The first-order chi connectivity index (χ1) is 14.9. The molecule has 0 spiro atoms. The molecule has 1 saturated heterocycles. The van der Waals surface area contributed by atoms with Crippen molar-refractivity contribution in [3.63, 3.8) is 0 Å². The lowest BCUT2D eigenvalue weighted by molar-refractivity contribution is 0.0694. The Morgan fingerprint density at radius 2 is 1.68 bits per heavy atom. The van der Waals surface area contributed by atoms with Crippen molar-refractivity contribution in [2.75, 3.05) is 26.2 Å². The molecule has 2 heterocycles. The van der Waals surface area contributed by atoms with Gasteiger partial charge in [0.25, 0.3) is 5.91 Å². The van der Waals surface area contributed by atoms with Gasteiger partial charge in [0.15, 0.2) is 0 Å². The highest BCUT2D eigenvalue weighted by Crippen LogP contribution is 2.24. The van der Waals surface area contributed by atoms with Gasteiger partial charge >= 0.3 is 0 Å². The molecule has 162 valence electrons. The van der Waals surface area contributed by atoms with Crippen LogP contribution >= 0.6 is 0 Å². The number of benzene rings is 2. The van der Waals surface area contributed by atoms with Gasteiger partial charge in [0.2, 0.25) is 10.0 Å². The van der Waals surface area contributed by atoms with Crippen molar-refractivity contribution in [1.82, 2.24) is 14.2 Å². The number of fused-ring (bicyclic) bond motifs is 1. The largest absolute Gasteiger partial charge is 0.335 e. The van der Waals surface area contributed by atoms with E-state index in [1.807, 2.05) is 42.5 Å². The molecular formula is C24H27N3O3S. The Morgan fingerprint density at radius 1 is 1.00 bits per heavy atom.